The highest BCUT2D eigenvalue weighted by Gasteiger charge is 2.08. The maximum Gasteiger partial charge on any atom is 0.328 e. The third kappa shape index (κ3) is 3.56. The van der Waals surface area contributed by atoms with Crippen molar-refractivity contribution in [2.45, 2.75) is 11.8 Å². The maximum atomic E-state index is 12.7. The number of amides is 1. The third-order valence-corrected chi connectivity index (χ3v) is 2.97. The molecule has 1 heterocycles. The number of nitrogens with zero attached hydrogens (tertiary/aromatic N) is 2. The lowest BCUT2D eigenvalue weighted by Gasteiger charge is -2.00. The molecule has 18 heavy (non-hydrogen) atoms. The van der Waals surface area contributed by atoms with Crippen LogP contribution in [0.2, 0.25) is 0 Å². The molecule has 0 unspecified atom stereocenters. The van der Waals surface area contributed by atoms with Gasteiger partial charge in [-0.1, -0.05) is 5.16 Å². The van der Waals surface area contributed by atoms with E-state index in [1.165, 1.54) is 23.9 Å². The number of nitrogens with one attached hydrogen (secondary N) is 1. The third-order valence-electron chi connectivity index (χ3n) is 1.96. The van der Waals surface area contributed by atoms with Crippen LogP contribution in [-0.2, 0) is 4.79 Å². The largest absolute Gasteiger partial charge is 0.328 e. The van der Waals surface area contributed by atoms with Crippen molar-refractivity contribution in [2.24, 2.45) is 0 Å². The van der Waals surface area contributed by atoms with Crippen molar-refractivity contribution in [1.82, 2.24) is 10.1 Å². The summed E-state index contributed by atoms with van der Waals surface area (Å²) in [6.07, 6.45) is 0. The van der Waals surface area contributed by atoms with Crippen molar-refractivity contribution in [3.8, 4) is 0 Å². The van der Waals surface area contributed by atoms with E-state index in [9.17, 15) is 9.18 Å². The summed E-state index contributed by atoms with van der Waals surface area (Å²) in [5.74, 6) is 0.0853. The molecule has 1 aromatic heterocycles. The van der Waals surface area contributed by atoms with Gasteiger partial charge in [-0.25, -0.2) is 4.39 Å². The van der Waals surface area contributed by atoms with Crippen LogP contribution in [0.1, 0.15) is 5.82 Å². The summed E-state index contributed by atoms with van der Waals surface area (Å²) in [6, 6.07) is 6.01. The van der Waals surface area contributed by atoms with Gasteiger partial charge in [0.25, 0.3) is 0 Å². The van der Waals surface area contributed by atoms with Gasteiger partial charge in [0.2, 0.25) is 5.91 Å². The molecule has 0 saturated heterocycles. The number of aromatic nitrogens is 2. The zero-order valence-electron chi connectivity index (χ0n) is 9.51. The number of benzene rings is 1. The van der Waals surface area contributed by atoms with Crippen molar-refractivity contribution in [3.63, 3.8) is 0 Å². The fourth-order valence-corrected chi connectivity index (χ4v) is 1.88. The van der Waals surface area contributed by atoms with Crippen LogP contribution >= 0.6 is 11.8 Å². The molecule has 1 N–H and O–H groups in total. The Morgan fingerprint density at radius 3 is 2.78 bits per heavy atom. The monoisotopic (exact) mass is 267 g/mol. The Morgan fingerprint density at radius 2 is 2.17 bits per heavy atom. The van der Waals surface area contributed by atoms with E-state index < -0.39 is 0 Å². The molecule has 0 fully saturated rings. The van der Waals surface area contributed by atoms with Crippen molar-refractivity contribution in [1.29, 1.82) is 0 Å². The summed E-state index contributed by atoms with van der Waals surface area (Å²) in [4.78, 5) is 16.2. The first kappa shape index (κ1) is 12.6. The van der Waals surface area contributed by atoms with Crippen LogP contribution < -0.4 is 5.32 Å². The molecule has 5 nitrogen and oxygen atoms in total. The zero-order chi connectivity index (χ0) is 13.0. The molecule has 0 bridgehead atoms. The summed E-state index contributed by atoms with van der Waals surface area (Å²) in [7, 11) is 0. The summed E-state index contributed by atoms with van der Waals surface area (Å²) >= 11 is 1.29. The molecule has 7 heteroatoms. The Labute approximate surface area is 107 Å². The topological polar surface area (TPSA) is 68.0 Å². The van der Waals surface area contributed by atoms with Crippen molar-refractivity contribution in [3.05, 3.63) is 35.9 Å². The second-order valence-corrected chi connectivity index (χ2v) is 4.49. The molecular formula is C11H10FN3O2S. The first-order chi connectivity index (χ1) is 8.63. The van der Waals surface area contributed by atoms with E-state index in [2.05, 4.69) is 15.5 Å². The minimum atomic E-state index is -0.301. The quantitative estimate of drug-likeness (QED) is 0.860. The van der Waals surface area contributed by atoms with Crippen molar-refractivity contribution < 1.29 is 13.7 Å². The molecule has 0 atom stereocenters. The first-order valence-electron chi connectivity index (χ1n) is 5.12. The van der Waals surface area contributed by atoms with Gasteiger partial charge in [0.1, 0.15) is 5.82 Å². The van der Waals surface area contributed by atoms with Gasteiger partial charge in [0.05, 0.1) is 5.75 Å². The molecule has 0 aliphatic rings. The maximum absolute atomic E-state index is 12.7. The van der Waals surface area contributed by atoms with E-state index >= 15 is 0 Å². The summed E-state index contributed by atoms with van der Waals surface area (Å²) < 4.78 is 17.4. The molecule has 0 radical (unpaired) electrons. The Hall–Kier alpha value is -1.89. The van der Waals surface area contributed by atoms with Crippen LogP contribution in [0.25, 0.3) is 0 Å². The molecule has 1 amide bonds. The Kier molecular flexibility index (Phi) is 3.93. The van der Waals surface area contributed by atoms with E-state index in [4.69, 9.17) is 4.52 Å². The molecule has 94 valence electrons. The second-order valence-electron chi connectivity index (χ2n) is 3.44. The summed E-state index contributed by atoms with van der Waals surface area (Å²) in [5.41, 5.74) is 0. The van der Waals surface area contributed by atoms with E-state index in [1.807, 2.05) is 0 Å². The van der Waals surface area contributed by atoms with Crippen LogP contribution in [0.3, 0.4) is 0 Å². The van der Waals surface area contributed by atoms with Crippen LogP contribution in [0.15, 0.2) is 33.7 Å². The number of thioether (sulfide) groups is 1. The number of anilines is 1. The van der Waals surface area contributed by atoms with Gasteiger partial charge in [-0.2, -0.15) is 4.98 Å². The highest BCUT2D eigenvalue weighted by atomic mass is 32.2. The van der Waals surface area contributed by atoms with Gasteiger partial charge in [0.15, 0.2) is 5.82 Å². The first-order valence-corrected chi connectivity index (χ1v) is 6.10. The number of hydrogen-bond donors (Lipinski definition) is 1. The molecule has 0 saturated carbocycles. The number of aryl methyl sites for hydroxylation is 1. The lowest BCUT2D eigenvalue weighted by atomic mass is 10.4. The fraction of sp³-hybridized carbons (Fsp3) is 0.182. The van der Waals surface area contributed by atoms with Gasteiger partial charge < -0.3 is 4.52 Å². The predicted octanol–water partition coefficient (Wildman–Crippen LogP) is 2.25. The molecule has 1 aromatic carbocycles. The Bertz CT molecular complexity index is 541. The van der Waals surface area contributed by atoms with E-state index in [0.29, 0.717) is 5.82 Å². The molecule has 2 aromatic rings. The van der Waals surface area contributed by atoms with Gasteiger partial charge in [-0.15, -0.1) is 11.8 Å². The lowest BCUT2D eigenvalue weighted by Crippen LogP contribution is -2.14. The van der Waals surface area contributed by atoms with Gasteiger partial charge >= 0.3 is 6.01 Å². The molecule has 2 rings (SSSR count). The van der Waals surface area contributed by atoms with Gasteiger partial charge in [-0.3, -0.25) is 10.1 Å². The van der Waals surface area contributed by atoms with Gasteiger partial charge in [0, 0.05) is 4.90 Å². The lowest BCUT2D eigenvalue weighted by molar-refractivity contribution is -0.114. The van der Waals surface area contributed by atoms with Crippen molar-refractivity contribution >= 4 is 23.7 Å². The zero-order valence-corrected chi connectivity index (χ0v) is 10.3. The van der Waals surface area contributed by atoms with E-state index in [-0.39, 0.29) is 23.5 Å². The SMILES string of the molecule is Cc1noc(NC(=O)CSc2ccc(F)cc2)n1. The minimum absolute atomic E-state index is 0.0807. The molecule has 0 spiro atoms. The number of carbonyl (C=O) groups excluding carboxylic acids is 1. The van der Waals surface area contributed by atoms with Crippen molar-refractivity contribution in [2.75, 3.05) is 11.1 Å². The minimum Gasteiger partial charge on any atom is -0.315 e. The standard InChI is InChI=1S/C11H10FN3O2S/c1-7-13-11(17-15-7)14-10(16)6-18-9-4-2-8(12)3-5-9/h2-5H,6H2,1H3,(H,13,14,15,16). The van der Waals surface area contributed by atoms with Crippen LogP contribution in [0.4, 0.5) is 10.4 Å². The number of hydrogen-bond acceptors (Lipinski definition) is 5. The number of carbonyl (C=O) groups is 1. The predicted molar refractivity (Wildman–Crippen MR) is 64.8 cm³/mol. The van der Waals surface area contributed by atoms with E-state index in [1.54, 1.807) is 19.1 Å². The molecule has 0 aliphatic carbocycles. The Balaban J connectivity index is 1.83. The second kappa shape index (κ2) is 5.63. The highest BCUT2D eigenvalue weighted by molar-refractivity contribution is 8.00. The summed E-state index contributed by atoms with van der Waals surface area (Å²) in [5, 5.41) is 6.02. The van der Waals surface area contributed by atoms with Gasteiger partial charge in [-0.05, 0) is 31.2 Å². The number of rotatable bonds is 4. The fourth-order valence-electron chi connectivity index (χ4n) is 1.18. The number of halogens is 1. The van der Waals surface area contributed by atoms with Crippen LogP contribution in [0, 0.1) is 12.7 Å². The van der Waals surface area contributed by atoms with E-state index in [0.717, 1.165) is 4.90 Å². The smallest absolute Gasteiger partial charge is 0.315 e. The normalized spacial score (nSPS) is 10.3. The average Bonchev–Trinajstić information content (AvgIpc) is 2.74. The molecule has 0 aliphatic heterocycles. The highest BCUT2D eigenvalue weighted by Crippen LogP contribution is 2.18. The summed E-state index contributed by atoms with van der Waals surface area (Å²) in [6.45, 7) is 1.66. The Morgan fingerprint density at radius 1 is 1.44 bits per heavy atom. The van der Waals surface area contributed by atoms with Crippen LogP contribution in [0.5, 0.6) is 0 Å². The average molecular weight is 267 g/mol. The van der Waals surface area contributed by atoms with Crippen LogP contribution in [-0.4, -0.2) is 21.8 Å². The molecular weight excluding hydrogens is 257 g/mol.